The lowest BCUT2D eigenvalue weighted by atomic mass is 9.98. The highest BCUT2D eigenvalue weighted by Crippen LogP contribution is 2.18. The summed E-state index contributed by atoms with van der Waals surface area (Å²) in [4.78, 5) is 26.8. The molecule has 0 aliphatic heterocycles. The van der Waals surface area contributed by atoms with Gasteiger partial charge in [0.2, 0.25) is 0 Å². The van der Waals surface area contributed by atoms with Gasteiger partial charge in [-0.3, -0.25) is 9.36 Å². The molecule has 5 nitrogen and oxygen atoms in total. The lowest BCUT2D eigenvalue weighted by Crippen LogP contribution is -2.18. The monoisotopic (exact) mass is 338 g/mol. The Morgan fingerprint density at radius 2 is 1.84 bits per heavy atom. The molecule has 0 amide bonds. The van der Waals surface area contributed by atoms with Crippen LogP contribution in [0.2, 0.25) is 0 Å². The Kier molecular flexibility index (Phi) is 5.33. The van der Waals surface area contributed by atoms with E-state index in [2.05, 4.69) is 4.98 Å². The van der Waals surface area contributed by atoms with Gasteiger partial charge in [-0.25, -0.2) is 4.79 Å². The van der Waals surface area contributed by atoms with Crippen molar-refractivity contribution < 1.29 is 9.53 Å². The molecule has 130 valence electrons. The summed E-state index contributed by atoms with van der Waals surface area (Å²) in [7, 11) is 0. The SMILES string of the molecule is CC(CC(=O)OCCCn1c(=O)[nH]c2ccccc21)c1ccccc1. The van der Waals surface area contributed by atoms with Gasteiger partial charge in [-0.1, -0.05) is 49.4 Å². The van der Waals surface area contributed by atoms with E-state index in [-0.39, 0.29) is 17.6 Å². The van der Waals surface area contributed by atoms with Crippen molar-refractivity contribution in [2.24, 2.45) is 0 Å². The summed E-state index contributed by atoms with van der Waals surface area (Å²) < 4.78 is 7.00. The molecule has 0 bridgehead atoms. The third kappa shape index (κ3) is 4.18. The van der Waals surface area contributed by atoms with Crippen molar-refractivity contribution in [3.63, 3.8) is 0 Å². The number of H-pyrrole nitrogens is 1. The lowest BCUT2D eigenvalue weighted by Gasteiger charge is -2.11. The number of imidazole rings is 1. The first kappa shape index (κ1) is 17.0. The fourth-order valence-corrected chi connectivity index (χ4v) is 2.95. The van der Waals surface area contributed by atoms with Crippen LogP contribution in [-0.4, -0.2) is 22.1 Å². The molecule has 0 saturated heterocycles. The highest BCUT2D eigenvalue weighted by Gasteiger charge is 2.12. The Morgan fingerprint density at radius 3 is 2.64 bits per heavy atom. The molecule has 1 heterocycles. The van der Waals surface area contributed by atoms with Gasteiger partial charge >= 0.3 is 11.7 Å². The molecular formula is C20H22N2O3. The van der Waals surface area contributed by atoms with Crippen LogP contribution in [0.1, 0.15) is 31.2 Å². The van der Waals surface area contributed by atoms with Gasteiger partial charge in [0.25, 0.3) is 0 Å². The minimum Gasteiger partial charge on any atom is -0.466 e. The number of nitrogens with one attached hydrogen (secondary N) is 1. The van der Waals surface area contributed by atoms with E-state index in [1.54, 1.807) is 4.57 Å². The van der Waals surface area contributed by atoms with E-state index in [1.807, 2.05) is 61.5 Å². The number of aromatic amines is 1. The van der Waals surface area contributed by atoms with Crippen LogP contribution in [0.15, 0.2) is 59.4 Å². The number of hydrogen-bond acceptors (Lipinski definition) is 3. The van der Waals surface area contributed by atoms with E-state index in [9.17, 15) is 9.59 Å². The minimum absolute atomic E-state index is 0.130. The Morgan fingerprint density at radius 1 is 1.12 bits per heavy atom. The Balaban J connectivity index is 1.47. The number of benzene rings is 2. The van der Waals surface area contributed by atoms with Crippen LogP contribution in [0.3, 0.4) is 0 Å². The molecule has 1 atom stereocenters. The van der Waals surface area contributed by atoms with Crippen LogP contribution in [-0.2, 0) is 16.1 Å². The van der Waals surface area contributed by atoms with E-state index < -0.39 is 0 Å². The second kappa shape index (κ2) is 7.83. The van der Waals surface area contributed by atoms with Crippen LogP contribution in [0.25, 0.3) is 11.0 Å². The van der Waals surface area contributed by atoms with Crippen LogP contribution in [0.5, 0.6) is 0 Å². The quantitative estimate of drug-likeness (QED) is 0.530. The number of fused-ring (bicyclic) bond motifs is 1. The van der Waals surface area contributed by atoms with Gasteiger partial charge in [0.15, 0.2) is 0 Å². The fourth-order valence-electron chi connectivity index (χ4n) is 2.95. The maximum atomic E-state index is 12.0. The molecule has 0 saturated carbocycles. The molecule has 0 aliphatic carbocycles. The number of carbonyl (C=O) groups excluding carboxylic acids is 1. The lowest BCUT2D eigenvalue weighted by molar-refractivity contribution is -0.144. The summed E-state index contributed by atoms with van der Waals surface area (Å²) in [5.74, 6) is -0.0763. The summed E-state index contributed by atoms with van der Waals surface area (Å²) in [5.41, 5.74) is 2.69. The van der Waals surface area contributed by atoms with E-state index >= 15 is 0 Å². The summed E-state index contributed by atoms with van der Waals surface area (Å²) in [6.07, 6.45) is 0.963. The van der Waals surface area contributed by atoms with Gasteiger partial charge < -0.3 is 9.72 Å². The third-order valence-corrected chi connectivity index (χ3v) is 4.31. The number of esters is 1. The molecule has 0 aliphatic rings. The maximum absolute atomic E-state index is 12.0. The molecule has 2 aromatic carbocycles. The number of aromatic nitrogens is 2. The van der Waals surface area contributed by atoms with Gasteiger partial charge in [-0.05, 0) is 30.0 Å². The number of carbonyl (C=O) groups is 1. The normalized spacial score (nSPS) is 12.2. The fraction of sp³-hybridized carbons (Fsp3) is 0.300. The highest BCUT2D eigenvalue weighted by atomic mass is 16.5. The smallest absolute Gasteiger partial charge is 0.326 e. The first-order chi connectivity index (χ1) is 12.1. The van der Waals surface area contributed by atoms with Crippen LogP contribution < -0.4 is 5.69 Å². The molecule has 0 radical (unpaired) electrons. The van der Waals surface area contributed by atoms with Gasteiger partial charge in [0.05, 0.1) is 24.1 Å². The molecule has 1 N–H and O–H groups in total. The number of ether oxygens (including phenoxy) is 1. The number of rotatable bonds is 7. The number of nitrogens with zero attached hydrogens (tertiary/aromatic N) is 1. The van der Waals surface area contributed by atoms with Crippen LogP contribution >= 0.6 is 0 Å². The molecule has 3 aromatic rings. The average molecular weight is 338 g/mol. The van der Waals surface area contributed by atoms with E-state index in [0.717, 1.165) is 16.6 Å². The standard InChI is InChI=1S/C20H22N2O3/c1-15(16-8-3-2-4-9-16)14-19(23)25-13-7-12-22-18-11-6-5-10-17(18)21-20(22)24/h2-6,8-11,15H,7,12-14H2,1H3,(H,21,24). The predicted octanol–water partition coefficient (Wildman–Crippen LogP) is 3.46. The zero-order valence-electron chi connectivity index (χ0n) is 14.3. The number of aryl methyl sites for hydroxylation is 1. The van der Waals surface area contributed by atoms with Crippen LogP contribution in [0.4, 0.5) is 0 Å². The number of para-hydroxylation sites is 2. The van der Waals surface area contributed by atoms with Crippen molar-refractivity contribution in [3.05, 3.63) is 70.6 Å². The molecule has 25 heavy (non-hydrogen) atoms. The van der Waals surface area contributed by atoms with Gasteiger partial charge in [0.1, 0.15) is 0 Å². The van der Waals surface area contributed by atoms with Crippen molar-refractivity contribution in [3.8, 4) is 0 Å². The molecule has 3 rings (SSSR count). The molecule has 0 fully saturated rings. The first-order valence-corrected chi connectivity index (χ1v) is 8.53. The van der Waals surface area contributed by atoms with Crippen molar-refractivity contribution in [1.82, 2.24) is 9.55 Å². The van der Waals surface area contributed by atoms with Crippen molar-refractivity contribution in [1.29, 1.82) is 0 Å². The highest BCUT2D eigenvalue weighted by molar-refractivity contribution is 5.74. The molecule has 0 spiro atoms. The van der Waals surface area contributed by atoms with Gasteiger partial charge in [-0.15, -0.1) is 0 Å². The van der Waals surface area contributed by atoms with Crippen molar-refractivity contribution in [2.45, 2.75) is 32.2 Å². The Labute approximate surface area is 146 Å². The van der Waals surface area contributed by atoms with E-state index in [4.69, 9.17) is 4.74 Å². The summed E-state index contributed by atoms with van der Waals surface area (Å²) in [5, 5.41) is 0. The first-order valence-electron chi connectivity index (χ1n) is 8.53. The van der Waals surface area contributed by atoms with E-state index in [1.165, 1.54) is 0 Å². The predicted molar refractivity (Wildman–Crippen MR) is 97.6 cm³/mol. The molecule has 1 unspecified atom stereocenters. The largest absolute Gasteiger partial charge is 0.466 e. The number of hydrogen-bond donors (Lipinski definition) is 1. The van der Waals surface area contributed by atoms with Gasteiger partial charge in [0, 0.05) is 6.54 Å². The topological polar surface area (TPSA) is 64.1 Å². The molecule has 5 heteroatoms. The summed E-state index contributed by atoms with van der Waals surface area (Å²) in [6, 6.07) is 17.5. The Bertz CT molecular complexity index is 896. The summed E-state index contributed by atoms with van der Waals surface area (Å²) >= 11 is 0. The zero-order chi connectivity index (χ0) is 17.6. The zero-order valence-corrected chi connectivity index (χ0v) is 14.3. The van der Waals surface area contributed by atoms with Gasteiger partial charge in [-0.2, -0.15) is 0 Å². The van der Waals surface area contributed by atoms with Crippen molar-refractivity contribution in [2.75, 3.05) is 6.61 Å². The Hall–Kier alpha value is -2.82. The maximum Gasteiger partial charge on any atom is 0.326 e. The van der Waals surface area contributed by atoms with E-state index in [0.29, 0.717) is 26.0 Å². The van der Waals surface area contributed by atoms with Crippen molar-refractivity contribution >= 4 is 17.0 Å². The molecule has 1 aromatic heterocycles. The van der Waals surface area contributed by atoms with Crippen LogP contribution in [0, 0.1) is 0 Å². The minimum atomic E-state index is -0.206. The second-order valence-electron chi connectivity index (χ2n) is 6.19. The third-order valence-electron chi connectivity index (χ3n) is 4.31. The average Bonchev–Trinajstić information content (AvgIpc) is 2.95. The molecular weight excluding hydrogens is 316 g/mol. The summed E-state index contributed by atoms with van der Waals surface area (Å²) in [6.45, 7) is 2.85. The second-order valence-corrected chi connectivity index (χ2v) is 6.19.